The zero-order chi connectivity index (χ0) is 20.0. The lowest BCUT2D eigenvalue weighted by molar-refractivity contribution is 0.415. The minimum absolute atomic E-state index is 0.663. The first-order chi connectivity index (χ1) is 14.2. The number of pyridine rings is 1. The molecule has 0 amide bonds. The summed E-state index contributed by atoms with van der Waals surface area (Å²) in [6, 6.07) is 13.7. The van der Waals surface area contributed by atoms with Gasteiger partial charge in [0, 0.05) is 17.5 Å². The third kappa shape index (κ3) is 2.82. The molecule has 0 spiro atoms. The van der Waals surface area contributed by atoms with E-state index < -0.39 is 0 Å². The van der Waals surface area contributed by atoms with Gasteiger partial charge in [-0.25, -0.2) is 14.5 Å². The van der Waals surface area contributed by atoms with Crippen LogP contribution < -0.4 is 4.74 Å². The van der Waals surface area contributed by atoms with E-state index in [2.05, 4.69) is 28.5 Å². The molecule has 29 heavy (non-hydrogen) atoms. The van der Waals surface area contributed by atoms with Crippen LogP contribution in [0.15, 0.2) is 55.0 Å². The van der Waals surface area contributed by atoms with Gasteiger partial charge in [-0.05, 0) is 55.8 Å². The Bertz CT molecular complexity index is 1320. The molecule has 4 aromatic heterocycles. The number of aromatic nitrogens is 6. The average Bonchev–Trinajstić information content (AvgIpc) is 3.30. The van der Waals surface area contributed by atoms with Gasteiger partial charge in [0.15, 0.2) is 11.5 Å². The lowest BCUT2D eigenvalue weighted by Crippen LogP contribution is -2.04. The first-order valence-electron chi connectivity index (χ1n) is 9.41. The highest BCUT2D eigenvalue weighted by Crippen LogP contribution is 2.29. The minimum atomic E-state index is 0.663. The standard InChI is InChI=1S/C22H20N6O/c1-14-15(2)27(12-17-6-4-5-11-23-17)21-19(14)22-25-20(26-28(22)13-24-21)16-7-9-18(29-3)10-8-16/h4-11,13H,12H2,1-3H3. The Balaban J connectivity index is 1.66. The van der Waals surface area contributed by atoms with Crippen molar-refractivity contribution in [2.24, 2.45) is 0 Å². The Morgan fingerprint density at radius 1 is 0.966 bits per heavy atom. The molecule has 5 aromatic rings. The molecule has 144 valence electrons. The normalized spacial score (nSPS) is 11.4. The number of hydrogen-bond acceptors (Lipinski definition) is 5. The number of nitrogens with zero attached hydrogens (tertiary/aromatic N) is 6. The molecular weight excluding hydrogens is 364 g/mol. The van der Waals surface area contributed by atoms with Gasteiger partial charge in [0.05, 0.1) is 24.7 Å². The van der Waals surface area contributed by atoms with Crippen LogP contribution in [0.4, 0.5) is 0 Å². The van der Waals surface area contributed by atoms with Crippen LogP contribution in [0.1, 0.15) is 17.0 Å². The van der Waals surface area contributed by atoms with Crippen molar-refractivity contribution in [2.45, 2.75) is 20.4 Å². The second-order valence-electron chi connectivity index (χ2n) is 6.99. The fourth-order valence-electron chi connectivity index (χ4n) is 3.64. The zero-order valence-electron chi connectivity index (χ0n) is 16.5. The quantitative estimate of drug-likeness (QED) is 0.471. The third-order valence-corrected chi connectivity index (χ3v) is 5.34. The summed E-state index contributed by atoms with van der Waals surface area (Å²) in [6.45, 7) is 4.88. The molecule has 0 aliphatic rings. The summed E-state index contributed by atoms with van der Waals surface area (Å²) in [7, 11) is 1.65. The van der Waals surface area contributed by atoms with Gasteiger partial charge in [-0.15, -0.1) is 5.10 Å². The Morgan fingerprint density at radius 2 is 1.79 bits per heavy atom. The summed E-state index contributed by atoms with van der Waals surface area (Å²) in [5.41, 5.74) is 5.94. The average molecular weight is 384 g/mol. The molecular formula is C22H20N6O. The predicted molar refractivity (Wildman–Crippen MR) is 111 cm³/mol. The number of hydrogen-bond donors (Lipinski definition) is 0. The SMILES string of the molecule is COc1ccc(-c2nc3c4c(C)c(C)n(Cc5ccccn5)c4ncn3n2)cc1. The van der Waals surface area contributed by atoms with Crippen LogP contribution in [-0.2, 0) is 6.54 Å². The maximum Gasteiger partial charge on any atom is 0.182 e. The first-order valence-corrected chi connectivity index (χ1v) is 9.41. The molecule has 0 aliphatic carbocycles. The second kappa shape index (κ2) is 6.70. The molecule has 1 aromatic carbocycles. The molecule has 0 fully saturated rings. The fraction of sp³-hybridized carbons (Fsp3) is 0.182. The van der Waals surface area contributed by atoms with Crippen molar-refractivity contribution in [3.8, 4) is 17.1 Å². The van der Waals surface area contributed by atoms with E-state index in [4.69, 9.17) is 14.7 Å². The molecule has 0 saturated carbocycles. The van der Waals surface area contributed by atoms with E-state index in [0.717, 1.165) is 44.9 Å². The van der Waals surface area contributed by atoms with E-state index in [1.807, 2.05) is 48.7 Å². The highest BCUT2D eigenvalue weighted by molar-refractivity contribution is 5.94. The number of ether oxygens (including phenoxy) is 1. The van der Waals surface area contributed by atoms with Crippen LogP contribution in [0.3, 0.4) is 0 Å². The minimum Gasteiger partial charge on any atom is -0.497 e. The van der Waals surface area contributed by atoms with Gasteiger partial charge in [0.2, 0.25) is 0 Å². The van der Waals surface area contributed by atoms with Crippen molar-refractivity contribution in [3.05, 3.63) is 71.9 Å². The Kier molecular flexibility index (Phi) is 4.01. The molecule has 0 unspecified atom stereocenters. The summed E-state index contributed by atoms with van der Waals surface area (Å²) in [6.07, 6.45) is 3.54. The summed E-state index contributed by atoms with van der Waals surface area (Å²) in [5.74, 6) is 1.47. The zero-order valence-corrected chi connectivity index (χ0v) is 16.5. The number of benzene rings is 1. The van der Waals surface area contributed by atoms with E-state index in [-0.39, 0.29) is 0 Å². The van der Waals surface area contributed by atoms with Gasteiger partial charge in [0.25, 0.3) is 0 Å². The van der Waals surface area contributed by atoms with E-state index >= 15 is 0 Å². The largest absolute Gasteiger partial charge is 0.497 e. The molecule has 0 bridgehead atoms. The lowest BCUT2D eigenvalue weighted by atomic mass is 10.2. The number of fused-ring (bicyclic) bond motifs is 3. The monoisotopic (exact) mass is 384 g/mol. The van der Waals surface area contributed by atoms with Crippen LogP contribution >= 0.6 is 0 Å². The van der Waals surface area contributed by atoms with Crippen LogP contribution in [-0.4, -0.2) is 36.2 Å². The van der Waals surface area contributed by atoms with Crippen molar-refractivity contribution in [1.82, 2.24) is 29.1 Å². The maximum absolute atomic E-state index is 5.24. The van der Waals surface area contributed by atoms with Crippen LogP contribution in [0.5, 0.6) is 5.75 Å². The van der Waals surface area contributed by atoms with E-state index in [1.54, 1.807) is 18.0 Å². The molecule has 7 nitrogen and oxygen atoms in total. The smallest absolute Gasteiger partial charge is 0.182 e. The Hall–Kier alpha value is -3.74. The number of aryl methyl sites for hydroxylation is 1. The van der Waals surface area contributed by atoms with Crippen LogP contribution in [0.2, 0.25) is 0 Å². The number of rotatable bonds is 4. The molecule has 4 heterocycles. The lowest BCUT2D eigenvalue weighted by Gasteiger charge is -2.07. The van der Waals surface area contributed by atoms with Gasteiger partial charge < -0.3 is 9.30 Å². The van der Waals surface area contributed by atoms with Crippen molar-refractivity contribution in [2.75, 3.05) is 7.11 Å². The second-order valence-corrected chi connectivity index (χ2v) is 6.99. The van der Waals surface area contributed by atoms with Gasteiger partial charge in [-0.2, -0.15) is 0 Å². The van der Waals surface area contributed by atoms with Crippen molar-refractivity contribution in [1.29, 1.82) is 0 Å². The summed E-state index contributed by atoms with van der Waals surface area (Å²) in [5, 5.41) is 5.65. The van der Waals surface area contributed by atoms with Gasteiger partial charge in [-0.3, -0.25) is 4.98 Å². The summed E-state index contributed by atoms with van der Waals surface area (Å²) >= 11 is 0. The van der Waals surface area contributed by atoms with Crippen LogP contribution in [0.25, 0.3) is 28.1 Å². The maximum atomic E-state index is 5.24. The molecule has 0 atom stereocenters. The molecule has 7 heteroatoms. The van der Waals surface area contributed by atoms with E-state index in [0.29, 0.717) is 12.4 Å². The molecule has 5 rings (SSSR count). The van der Waals surface area contributed by atoms with Crippen molar-refractivity contribution in [3.63, 3.8) is 0 Å². The highest BCUT2D eigenvalue weighted by Gasteiger charge is 2.18. The first kappa shape index (κ1) is 17.4. The number of methoxy groups -OCH3 is 1. The van der Waals surface area contributed by atoms with Gasteiger partial charge in [-0.1, -0.05) is 6.07 Å². The summed E-state index contributed by atoms with van der Waals surface area (Å²) < 4.78 is 9.18. The van der Waals surface area contributed by atoms with Crippen LogP contribution in [0, 0.1) is 13.8 Å². The predicted octanol–water partition coefficient (Wildman–Crippen LogP) is 3.81. The Labute approximate surface area is 167 Å². The topological polar surface area (TPSA) is 70.1 Å². The van der Waals surface area contributed by atoms with E-state index in [1.165, 1.54) is 0 Å². The van der Waals surface area contributed by atoms with Crippen molar-refractivity contribution >= 4 is 16.7 Å². The summed E-state index contributed by atoms with van der Waals surface area (Å²) in [4.78, 5) is 14.0. The Morgan fingerprint density at radius 3 is 2.52 bits per heavy atom. The molecule has 0 saturated heterocycles. The molecule has 0 radical (unpaired) electrons. The highest BCUT2D eigenvalue weighted by atomic mass is 16.5. The molecule has 0 aliphatic heterocycles. The molecule has 0 N–H and O–H groups in total. The van der Waals surface area contributed by atoms with E-state index in [9.17, 15) is 0 Å². The van der Waals surface area contributed by atoms with Gasteiger partial charge >= 0.3 is 0 Å². The van der Waals surface area contributed by atoms with Crippen molar-refractivity contribution < 1.29 is 4.74 Å². The fourth-order valence-corrected chi connectivity index (χ4v) is 3.64. The van der Waals surface area contributed by atoms with Gasteiger partial charge in [0.1, 0.15) is 17.7 Å². The third-order valence-electron chi connectivity index (χ3n) is 5.34.